The van der Waals surface area contributed by atoms with Crippen molar-refractivity contribution in [3.63, 3.8) is 0 Å². The third-order valence-corrected chi connectivity index (χ3v) is 7.85. The van der Waals surface area contributed by atoms with E-state index in [1.54, 1.807) is 12.1 Å². The molecule has 1 aromatic rings. The zero-order valence-electron chi connectivity index (χ0n) is 24.4. The summed E-state index contributed by atoms with van der Waals surface area (Å²) in [5.41, 5.74) is 1.59. The van der Waals surface area contributed by atoms with E-state index in [-0.39, 0.29) is 13.2 Å². The Morgan fingerprint density at radius 1 is 0.684 bits per heavy atom. The van der Waals surface area contributed by atoms with Crippen LogP contribution in [0, 0.1) is 0 Å². The third-order valence-electron chi connectivity index (χ3n) is 6.83. The van der Waals surface area contributed by atoms with Gasteiger partial charge in [-0.15, -0.1) is 0 Å². The molecule has 0 saturated carbocycles. The highest BCUT2D eigenvalue weighted by Crippen LogP contribution is 2.43. The smallest absolute Gasteiger partial charge is 0.472 e. The molecule has 0 aromatic heterocycles. The van der Waals surface area contributed by atoms with E-state index in [0.717, 1.165) is 25.7 Å². The number of likely N-dealkylation sites (N-methyl/N-ethyl adjacent to an activating group) is 1. The molecule has 0 heterocycles. The molecule has 0 fully saturated rings. The summed E-state index contributed by atoms with van der Waals surface area (Å²) >= 11 is 0. The maximum absolute atomic E-state index is 11.8. The Morgan fingerprint density at radius 3 is 1.50 bits per heavy atom. The number of carboxylic acid groups (broad SMARTS) is 1. The molecule has 0 aliphatic heterocycles. The highest BCUT2D eigenvalue weighted by Gasteiger charge is 2.21. The number of phosphoric ester groups is 1. The van der Waals surface area contributed by atoms with Gasteiger partial charge < -0.3 is 14.5 Å². The van der Waals surface area contributed by atoms with E-state index in [9.17, 15) is 14.3 Å². The molecule has 1 rings (SSSR count). The van der Waals surface area contributed by atoms with Gasteiger partial charge in [0.2, 0.25) is 0 Å². The van der Waals surface area contributed by atoms with Crippen molar-refractivity contribution in [1.29, 1.82) is 0 Å². The van der Waals surface area contributed by atoms with Crippen LogP contribution in [0.15, 0.2) is 24.3 Å². The van der Waals surface area contributed by atoms with Gasteiger partial charge >= 0.3 is 13.8 Å². The highest BCUT2D eigenvalue weighted by molar-refractivity contribution is 7.47. The first kappa shape index (κ1) is 34.8. The molecule has 0 amide bonds. The Hall–Kier alpha value is -1.24. The summed E-state index contributed by atoms with van der Waals surface area (Å²) in [5, 5.41) is 8.94. The van der Waals surface area contributed by atoms with Gasteiger partial charge in [-0.05, 0) is 37.0 Å². The molecule has 8 heteroatoms. The predicted molar refractivity (Wildman–Crippen MR) is 156 cm³/mol. The predicted octanol–water partition coefficient (Wildman–Crippen LogP) is 8.01. The van der Waals surface area contributed by atoms with Crippen molar-refractivity contribution in [2.24, 2.45) is 0 Å². The Balaban J connectivity index is 1.79. The second kappa shape index (κ2) is 20.6. The maximum Gasteiger partial charge on any atom is 0.472 e. The van der Waals surface area contributed by atoms with Crippen LogP contribution in [0.4, 0.5) is 0 Å². The lowest BCUT2D eigenvalue weighted by molar-refractivity contribution is -0.870. The minimum Gasteiger partial charge on any atom is -0.478 e. The first-order chi connectivity index (χ1) is 18.1. The van der Waals surface area contributed by atoms with Crippen LogP contribution in [-0.2, 0) is 20.0 Å². The van der Waals surface area contributed by atoms with Crippen LogP contribution >= 0.6 is 7.82 Å². The topological polar surface area (TPSA) is 93.1 Å². The third kappa shape index (κ3) is 20.7. The summed E-state index contributed by atoms with van der Waals surface area (Å²) in [7, 11) is 2.12. The van der Waals surface area contributed by atoms with Gasteiger partial charge in [-0.2, -0.15) is 0 Å². The SMILES string of the molecule is C[N+](C)(C)CCOP(=O)(O)OCCCCCCCCCCCCCCCCCCc1ccc(C(=O)O)cc1. The molecule has 0 aliphatic rings. The second-order valence-electron chi connectivity index (χ2n) is 11.6. The summed E-state index contributed by atoms with van der Waals surface area (Å²) in [6.45, 7) is 1.16. The fraction of sp³-hybridized carbons (Fsp3) is 0.767. The van der Waals surface area contributed by atoms with Crippen LogP contribution in [0.25, 0.3) is 0 Å². The summed E-state index contributed by atoms with van der Waals surface area (Å²) in [5.74, 6) is -0.862. The van der Waals surface area contributed by atoms with Crippen molar-refractivity contribution in [2.75, 3.05) is 40.9 Å². The first-order valence-corrected chi connectivity index (χ1v) is 16.3. The highest BCUT2D eigenvalue weighted by atomic mass is 31.2. The largest absolute Gasteiger partial charge is 0.478 e. The van der Waals surface area contributed by atoms with Gasteiger partial charge in [-0.25, -0.2) is 9.36 Å². The minimum absolute atomic E-state index is 0.217. The molecular formula is C30H55NO6P+. The average Bonchev–Trinajstić information content (AvgIpc) is 2.84. The first-order valence-electron chi connectivity index (χ1n) is 14.8. The van der Waals surface area contributed by atoms with Crippen LogP contribution < -0.4 is 0 Å². The molecule has 0 saturated heterocycles. The van der Waals surface area contributed by atoms with Crippen LogP contribution in [0.5, 0.6) is 0 Å². The number of phosphoric acid groups is 1. The molecule has 1 atom stereocenters. The Kier molecular flexibility index (Phi) is 18.9. The molecule has 38 heavy (non-hydrogen) atoms. The van der Waals surface area contributed by atoms with E-state index in [1.807, 2.05) is 33.3 Å². The summed E-state index contributed by atoms with van der Waals surface area (Å²) in [4.78, 5) is 20.6. The normalized spacial score (nSPS) is 13.5. The van der Waals surface area contributed by atoms with Crippen molar-refractivity contribution < 1.29 is 32.9 Å². The molecule has 1 aromatic carbocycles. The number of benzene rings is 1. The van der Waals surface area contributed by atoms with Gasteiger partial charge in [0.05, 0.1) is 33.3 Å². The van der Waals surface area contributed by atoms with Gasteiger partial charge in [0.25, 0.3) is 0 Å². The van der Waals surface area contributed by atoms with Gasteiger partial charge in [0.1, 0.15) is 13.2 Å². The van der Waals surface area contributed by atoms with Crippen LogP contribution in [0.1, 0.15) is 119 Å². The summed E-state index contributed by atoms with van der Waals surface area (Å²) in [6.07, 6.45) is 20.9. The van der Waals surface area contributed by atoms with E-state index in [4.69, 9.17) is 14.2 Å². The van der Waals surface area contributed by atoms with Gasteiger partial charge in [-0.3, -0.25) is 9.05 Å². The number of aromatic carboxylic acids is 1. The van der Waals surface area contributed by atoms with E-state index in [2.05, 4.69) is 0 Å². The van der Waals surface area contributed by atoms with E-state index in [1.165, 1.54) is 89.0 Å². The van der Waals surface area contributed by atoms with Crippen LogP contribution in [0.3, 0.4) is 0 Å². The molecule has 2 N–H and O–H groups in total. The van der Waals surface area contributed by atoms with Crippen molar-refractivity contribution >= 4 is 13.8 Å². The Bertz CT molecular complexity index is 778. The van der Waals surface area contributed by atoms with Crippen molar-refractivity contribution in [1.82, 2.24) is 0 Å². The number of carbonyl (C=O) groups is 1. The summed E-state index contributed by atoms with van der Waals surface area (Å²) < 4.78 is 22.6. The second-order valence-corrected chi connectivity index (χ2v) is 13.0. The fourth-order valence-electron chi connectivity index (χ4n) is 4.37. The molecule has 0 bridgehead atoms. The van der Waals surface area contributed by atoms with E-state index >= 15 is 0 Å². The van der Waals surface area contributed by atoms with Crippen molar-refractivity contribution in [2.45, 2.75) is 109 Å². The number of hydrogen-bond acceptors (Lipinski definition) is 4. The number of unbranched alkanes of at least 4 members (excludes halogenated alkanes) is 15. The summed E-state index contributed by atoms with van der Waals surface area (Å²) in [6, 6.07) is 7.27. The molecule has 220 valence electrons. The lowest BCUT2D eigenvalue weighted by Gasteiger charge is -2.24. The number of hydrogen-bond donors (Lipinski definition) is 2. The maximum atomic E-state index is 11.8. The molecule has 1 unspecified atom stereocenters. The van der Waals surface area contributed by atoms with E-state index < -0.39 is 13.8 Å². The van der Waals surface area contributed by atoms with Crippen LogP contribution in [0.2, 0.25) is 0 Å². The van der Waals surface area contributed by atoms with E-state index in [0.29, 0.717) is 16.6 Å². The number of nitrogens with zero attached hydrogens (tertiary/aromatic N) is 1. The lowest BCUT2D eigenvalue weighted by atomic mass is 10.0. The van der Waals surface area contributed by atoms with Crippen molar-refractivity contribution in [3.05, 3.63) is 35.4 Å². The molecule has 7 nitrogen and oxygen atoms in total. The zero-order valence-corrected chi connectivity index (χ0v) is 25.3. The van der Waals surface area contributed by atoms with Gasteiger partial charge in [-0.1, -0.05) is 102 Å². The molecule has 0 aliphatic carbocycles. The number of aryl methyl sites for hydroxylation is 1. The molecule has 0 spiro atoms. The Morgan fingerprint density at radius 2 is 1.08 bits per heavy atom. The zero-order chi connectivity index (χ0) is 28.1. The van der Waals surface area contributed by atoms with Gasteiger partial charge in [0.15, 0.2) is 0 Å². The molecule has 0 radical (unpaired) electrons. The standard InChI is InChI=1S/C30H54NO6P/c1-31(2,3)25-27-37-38(34,35)36-26-19-17-15-13-11-9-7-5-4-6-8-10-12-14-16-18-20-28-21-23-29(24-22-28)30(32)33/h21-24H,4-20,25-27H2,1-3H3,(H-,32,33,34,35)/p+1. The lowest BCUT2D eigenvalue weighted by Crippen LogP contribution is -2.37. The number of carboxylic acids is 1. The van der Waals surface area contributed by atoms with Crippen LogP contribution in [-0.4, -0.2) is 61.4 Å². The van der Waals surface area contributed by atoms with Gasteiger partial charge in [0, 0.05) is 0 Å². The molecular weight excluding hydrogens is 501 g/mol. The quantitative estimate of drug-likeness (QED) is 0.0720. The average molecular weight is 557 g/mol. The fourth-order valence-corrected chi connectivity index (χ4v) is 5.11. The Labute approximate surface area is 232 Å². The number of rotatable bonds is 25. The monoisotopic (exact) mass is 556 g/mol. The minimum atomic E-state index is -3.91. The van der Waals surface area contributed by atoms with Crippen molar-refractivity contribution in [3.8, 4) is 0 Å². The number of quaternary nitrogens is 1.